The van der Waals surface area contributed by atoms with E-state index in [0.717, 1.165) is 5.39 Å². The second kappa shape index (κ2) is 2.91. The van der Waals surface area contributed by atoms with Crippen LogP contribution in [-0.4, -0.2) is 10.2 Å². The summed E-state index contributed by atoms with van der Waals surface area (Å²) in [7, 11) is 0. The summed E-state index contributed by atoms with van der Waals surface area (Å²) in [4.78, 5) is 17.6. The molecule has 0 aliphatic carbocycles. The van der Waals surface area contributed by atoms with Gasteiger partial charge in [0.25, 0.3) is 0 Å². The molecule has 66 valence electrons. The maximum absolute atomic E-state index is 10.9. The van der Waals surface area contributed by atoms with Gasteiger partial charge >= 0.3 is 0 Å². The number of aromatic nitrogens is 1. The van der Waals surface area contributed by atoms with E-state index in [4.69, 9.17) is 5.26 Å². The van der Waals surface area contributed by atoms with Crippen molar-refractivity contribution in [2.45, 2.75) is 0 Å². The van der Waals surface area contributed by atoms with Crippen molar-refractivity contribution in [1.82, 2.24) is 4.98 Å². The Hall–Kier alpha value is -1.81. The van der Waals surface area contributed by atoms with E-state index in [1.54, 1.807) is 24.3 Å². The van der Waals surface area contributed by atoms with Gasteiger partial charge in [-0.05, 0) is 23.6 Å². The molecule has 2 N–H and O–H groups in total. The van der Waals surface area contributed by atoms with Crippen molar-refractivity contribution in [1.29, 1.82) is 0 Å². The fourth-order valence-corrected chi connectivity index (χ4v) is 1.19. The highest BCUT2D eigenvalue weighted by Crippen LogP contribution is 2.16. The highest BCUT2D eigenvalue weighted by Gasteiger charge is 1.97. The molecule has 2 rings (SSSR count). The minimum Gasteiger partial charge on any atom is -0.340 e. The molecule has 0 amide bonds. The van der Waals surface area contributed by atoms with Gasteiger partial charge in [-0.3, -0.25) is 4.79 Å². The van der Waals surface area contributed by atoms with E-state index < -0.39 is 0 Å². The van der Waals surface area contributed by atoms with Crippen LogP contribution in [0.1, 0.15) is 0 Å². The molecule has 0 fully saturated rings. The van der Waals surface area contributed by atoms with Crippen molar-refractivity contribution in [3.63, 3.8) is 0 Å². The Morgan fingerprint density at radius 1 is 1.23 bits per heavy atom. The minimum atomic E-state index is -0.178. The first-order valence-electron chi connectivity index (χ1n) is 3.74. The lowest BCUT2D eigenvalue weighted by Gasteiger charge is -1.98. The maximum Gasteiger partial charge on any atom is 0.248 e. The van der Waals surface area contributed by atoms with Crippen LogP contribution in [-0.2, 0) is 0 Å². The van der Waals surface area contributed by atoms with Gasteiger partial charge < -0.3 is 9.87 Å². The molecule has 0 spiro atoms. The van der Waals surface area contributed by atoms with Gasteiger partial charge in [0.2, 0.25) is 5.56 Å². The Morgan fingerprint density at radius 2 is 2.00 bits per heavy atom. The molecule has 13 heavy (non-hydrogen) atoms. The van der Waals surface area contributed by atoms with E-state index in [9.17, 15) is 4.79 Å². The summed E-state index contributed by atoms with van der Waals surface area (Å²) in [5.41, 5.74) is 0.460. The smallest absolute Gasteiger partial charge is 0.248 e. The van der Waals surface area contributed by atoms with Crippen LogP contribution in [0, 0.1) is 0 Å². The molecule has 0 atom stereocenters. The molecule has 1 aromatic carbocycles. The number of pyridine rings is 1. The van der Waals surface area contributed by atoms with Crippen molar-refractivity contribution in [2.24, 2.45) is 0 Å². The average molecular weight is 177 g/mol. The van der Waals surface area contributed by atoms with E-state index in [1.165, 1.54) is 6.07 Å². The fourth-order valence-electron chi connectivity index (χ4n) is 1.19. The van der Waals surface area contributed by atoms with Crippen LogP contribution >= 0.6 is 0 Å². The molecule has 0 aliphatic rings. The molecule has 0 saturated heterocycles. The fraction of sp³-hybridized carbons (Fsp3) is 0. The Kier molecular flexibility index (Phi) is 1.75. The number of hydrogen-bond acceptors (Lipinski definition) is 3. The topological polar surface area (TPSA) is 62.3 Å². The summed E-state index contributed by atoms with van der Waals surface area (Å²) in [6, 6.07) is 8.06. The number of fused-ring (bicyclic) bond motifs is 1. The zero-order valence-electron chi connectivity index (χ0n) is 6.65. The SMILES string of the molecule is O=c1ccc2ccc(OO)cc2[nH]1. The van der Waals surface area contributed by atoms with Crippen molar-refractivity contribution < 1.29 is 10.1 Å². The molecular weight excluding hydrogens is 170 g/mol. The Labute approximate surface area is 73.3 Å². The normalized spacial score (nSPS) is 10.2. The lowest BCUT2D eigenvalue weighted by Crippen LogP contribution is -2.02. The standard InChI is InChI=1S/C9H7NO3/c11-9-4-2-6-1-3-7(13-12)5-8(6)10-9/h1-5,12H,(H,10,11). The highest BCUT2D eigenvalue weighted by molar-refractivity contribution is 5.79. The third kappa shape index (κ3) is 1.39. The minimum absolute atomic E-state index is 0.178. The molecule has 0 bridgehead atoms. The molecule has 4 heteroatoms. The Bertz CT molecular complexity index is 489. The van der Waals surface area contributed by atoms with E-state index in [-0.39, 0.29) is 5.56 Å². The van der Waals surface area contributed by atoms with Crippen molar-refractivity contribution in [3.05, 3.63) is 40.7 Å². The number of benzene rings is 1. The molecule has 4 nitrogen and oxygen atoms in total. The molecule has 2 aromatic rings. The van der Waals surface area contributed by atoms with Crippen LogP contribution < -0.4 is 10.4 Å². The molecule has 1 aromatic heterocycles. The van der Waals surface area contributed by atoms with Crippen molar-refractivity contribution in [2.75, 3.05) is 0 Å². The number of rotatable bonds is 1. The largest absolute Gasteiger partial charge is 0.340 e. The van der Waals surface area contributed by atoms with Gasteiger partial charge in [-0.25, -0.2) is 5.26 Å². The van der Waals surface area contributed by atoms with Crippen molar-refractivity contribution >= 4 is 10.9 Å². The molecular formula is C9H7NO3. The summed E-state index contributed by atoms with van der Waals surface area (Å²) in [6.45, 7) is 0. The number of hydrogen-bond donors (Lipinski definition) is 2. The lowest BCUT2D eigenvalue weighted by molar-refractivity contribution is -0.137. The summed E-state index contributed by atoms with van der Waals surface area (Å²) in [5.74, 6) is 0.300. The van der Waals surface area contributed by atoms with Crippen LogP contribution in [0.5, 0.6) is 5.75 Å². The van der Waals surface area contributed by atoms with Crippen LogP contribution in [0.2, 0.25) is 0 Å². The Balaban J connectivity index is 2.75. The Morgan fingerprint density at radius 3 is 2.77 bits per heavy atom. The quantitative estimate of drug-likeness (QED) is 0.511. The summed E-state index contributed by atoms with van der Waals surface area (Å²) >= 11 is 0. The van der Waals surface area contributed by atoms with E-state index >= 15 is 0 Å². The number of H-pyrrole nitrogens is 1. The third-order valence-corrected chi connectivity index (χ3v) is 1.80. The van der Waals surface area contributed by atoms with Crippen LogP contribution in [0.15, 0.2) is 35.1 Å². The summed E-state index contributed by atoms with van der Waals surface area (Å²) in [5, 5.41) is 9.26. The first kappa shape index (κ1) is 7.82. The van der Waals surface area contributed by atoms with Crippen LogP contribution in [0.4, 0.5) is 0 Å². The monoisotopic (exact) mass is 177 g/mol. The zero-order chi connectivity index (χ0) is 9.26. The first-order valence-corrected chi connectivity index (χ1v) is 3.74. The first-order chi connectivity index (χ1) is 6.29. The molecule has 0 radical (unpaired) electrons. The molecule has 0 unspecified atom stereocenters. The lowest BCUT2D eigenvalue weighted by atomic mass is 10.2. The van der Waals surface area contributed by atoms with E-state index in [1.807, 2.05) is 0 Å². The van der Waals surface area contributed by atoms with Gasteiger partial charge in [-0.15, -0.1) is 0 Å². The van der Waals surface area contributed by atoms with Gasteiger partial charge in [-0.2, -0.15) is 0 Å². The predicted octanol–water partition coefficient (Wildman–Crippen LogP) is 1.38. The van der Waals surface area contributed by atoms with E-state index in [0.29, 0.717) is 11.3 Å². The molecule has 0 aliphatic heterocycles. The zero-order valence-corrected chi connectivity index (χ0v) is 6.65. The average Bonchev–Trinajstić information content (AvgIpc) is 2.16. The van der Waals surface area contributed by atoms with Gasteiger partial charge in [0.1, 0.15) is 0 Å². The second-order valence-electron chi connectivity index (χ2n) is 2.66. The van der Waals surface area contributed by atoms with Gasteiger partial charge in [0.15, 0.2) is 5.75 Å². The maximum atomic E-state index is 10.9. The second-order valence-corrected chi connectivity index (χ2v) is 2.66. The highest BCUT2D eigenvalue weighted by atomic mass is 17.1. The summed E-state index contributed by atoms with van der Waals surface area (Å²) in [6.07, 6.45) is 0. The number of aromatic amines is 1. The van der Waals surface area contributed by atoms with E-state index in [2.05, 4.69) is 9.87 Å². The van der Waals surface area contributed by atoms with Crippen molar-refractivity contribution in [3.8, 4) is 5.75 Å². The summed E-state index contributed by atoms with van der Waals surface area (Å²) < 4.78 is 0. The molecule has 1 heterocycles. The predicted molar refractivity (Wildman–Crippen MR) is 47.8 cm³/mol. The number of nitrogens with one attached hydrogen (secondary N) is 1. The van der Waals surface area contributed by atoms with Gasteiger partial charge in [0.05, 0.1) is 5.52 Å². The molecule has 0 saturated carbocycles. The third-order valence-electron chi connectivity index (χ3n) is 1.80. The van der Waals surface area contributed by atoms with Crippen LogP contribution in [0.3, 0.4) is 0 Å². The van der Waals surface area contributed by atoms with Gasteiger partial charge in [-0.1, -0.05) is 0 Å². The van der Waals surface area contributed by atoms with Crippen LogP contribution in [0.25, 0.3) is 10.9 Å². The van der Waals surface area contributed by atoms with Gasteiger partial charge in [0, 0.05) is 12.1 Å².